The fraction of sp³-hybridized carbons (Fsp3) is 0.500. The smallest absolute Gasteiger partial charge is 0.338 e. The van der Waals surface area contributed by atoms with Gasteiger partial charge in [0.05, 0.1) is 35.4 Å². The van der Waals surface area contributed by atoms with Crippen LogP contribution < -0.4 is 0 Å². The molecule has 1 heterocycles. The van der Waals surface area contributed by atoms with E-state index in [4.69, 9.17) is 4.74 Å². The van der Waals surface area contributed by atoms with E-state index in [1.54, 1.807) is 19.0 Å². The Balaban J connectivity index is 2.22. The van der Waals surface area contributed by atoms with Crippen molar-refractivity contribution in [2.45, 2.75) is 19.4 Å². The Labute approximate surface area is 157 Å². The number of aliphatic imine (C=N–C) groups is 1. The van der Waals surface area contributed by atoms with Crippen molar-refractivity contribution < 1.29 is 19.2 Å². The summed E-state index contributed by atoms with van der Waals surface area (Å²) in [5, 5.41) is 11.4. The molecular weight excluding hydrogens is 352 g/mol. The zero-order chi connectivity index (χ0) is 20.0. The van der Waals surface area contributed by atoms with Gasteiger partial charge in [-0.3, -0.25) is 19.8 Å². The van der Waals surface area contributed by atoms with Gasteiger partial charge in [0.25, 0.3) is 11.6 Å². The third-order valence-electron chi connectivity index (χ3n) is 4.41. The molecule has 0 radical (unpaired) electrons. The van der Waals surface area contributed by atoms with Gasteiger partial charge in [0.1, 0.15) is 0 Å². The molecule has 146 valence electrons. The van der Waals surface area contributed by atoms with Crippen LogP contribution in [0, 0.1) is 16.0 Å². The number of hydrogen-bond donors (Lipinski definition) is 0. The molecule has 1 amide bonds. The lowest BCUT2D eigenvalue weighted by Crippen LogP contribution is -2.38. The molecule has 0 aliphatic carbocycles. The predicted octanol–water partition coefficient (Wildman–Crippen LogP) is 1.71. The number of piperidine rings is 1. The average Bonchev–Trinajstić information content (AvgIpc) is 2.65. The summed E-state index contributed by atoms with van der Waals surface area (Å²) >= 11 is 0. The molecule has 27 heavy (non-hydrogen) atoms. The van der Waals surface area contributed by atoms with Crippen LogP contribution in [0.1, 0.15) is 28.8 Å². The Hall–Kier alpha value is -2.81. The van der Waals surface area contributed by atoms with Crippen LogP contribution in [0.5, 0.6) is 0 Å². The van der Waals surface area contributed by atoms with Crippen molar-refractivity contribution in [3.63, 3.8) is 0 Å². The van der Waals surface area contributed by atoms with Gasteiger partial charge in [0, 0.05) is 33.3 Å². The van der Waals surface area contributed by atoms with Gasteiger partial charge in [-0.25, -0.2) is 9.79 Å². The fourth-order valence-electron chi connectivity index (χ4n) is 3.12. The largest absolute Gasteiger partial charge is 0.465 e. The van der Waals surface area contributed by atoms with Crippen molar-refractivity contribution in [2.24, 2.45) is 10.9 Å². The first-order chi connectivity index (χ1) is 12.8. The zero-order valence-electron chi connectivity index (χ0n) is 15.8. The van der Waals surface area contributed by atoms with Gasteiger partial charge >= 0.3 is 5.97 Å². The summed E-state index contributed by atoms with van der Waals surface area (Å²) in [7, 11) is 4.81. The number of ether oxygens (including phenoxy) is 1. The molecule has 9 nitrogen and oxygen atoms in total. The van der Waals surface area contributed by atoms with Crippen molar-refractivity contribution in [3.8, 4) is 0 Å². The average molecular weight is 376 g/mol. The molecule has 1 aromatic carbocycles. The summed E-state index contributed by atoms with van der Waals surface area (Å²) < 4.78 is 4.76. The molecule has 1 atom stereocenters. The molecule has 1 aliphatic heterocycles. The van der Waals surface area contributed by atoms with Gasteiger partial charge in [0.15, 0.2) is 0 Å². The number of hydrogen-bond acceptors (Lipinski definition) is 6. The molecule has 0 N–H and O–H groups in total. The Morgan fingerprint density at radius 1 is 1.44 bits per heavy atom. The third-order valence-corrected chi connectivity index (χ3v) is 4.41. The monoisotopic (exact) mass is 376 g/mol. The summed E-state index contributed by atoms with van der Waals surface area (Å²) in [5.74, 6) is -1.09. The lowest BCUT2D eigenvalue weighted by atomic mass is 9.96. The topological polar surface area (TPSA) is 105 Å². The van der Waals surface area contributed by atoms with Crippen LogP contribution in [0.2, 0.25) is 0 Å². The standard InChI is InChI=1S/C18H24N4O5/c1-20(2)12-19-17(23)13-6-5-9-21(10-13)11-15-14(18(24)27-3)7-4-8-16(15)22(25)26/h4,7-8,12-13H,5-6,9-11H2,1-3H3/t13-/m0/s1. The van der Waals surface area contributed by atoms with Crippen molar-refractivity contribution in [3.05, 3.63) is 39.4 Å². The van der Waals surface area contributed by atoms with Crippen LogP contribution in [0.3, 0.4) is 0 Å². The maximum atomic E-state index is 12.3. The van der Waals surface area contributed by atoms with E-state index in [9.17, 15) is 19.7 Å². The van der Waals surface area contributed by atoms with Crippen molar-refractivity contribution in [2.75, 3.05) is 34.3 Å². The highest BCUT2D eigenvalue weighted by atomic mass is 16.6. The van der Waals surface area contributed by atoms with E-state index in [1.165, 1.54) is 31.6 Å². The van der Waals surface area contributed by atoms with Gasteiger partial charge in [-0.1, -0.05) is 6.07 Å². The van der Waals surface area contributed by atoms with E-state index in [1.807, 2.05) is 4.90 Å². The molecule has 0 spiro atoms. The van der Waals surface area contributed by atoms with Crippen LogP contribution >= 0.6 is 0 Å². The number of benzene rings is 1. The second-order valence-electron chi connectivity index (χ2n) is 6.67. The Bertz CT molecular complexity index is 747. The van der Waals surface area contributed by atoms with E-state index >= 15 is 0 Å². The minimum Gasteiger partial charge on any atom is -0.465 e. The molecule has 0 aromatic heterocycles. The molecular formula is C18H24N4O5. The zero-order valence-corrected chi connectivity index (χ0v) is 15.8. The number of methoxy groups -OCH3 is 1. The van der Waals surface area contributed by atoms with E-state index in [2.05, 4.69) is 4.99 Å². The number of amides is 1. The molecule has 0 bridgehead atoms. The minimum atomic E-state index is -0.617. The highest BCUT2D eigenvalue weighted by Gasteiger charge is 2.29. The molecule has 1 saturated heterocycles. The van der Waals surface area contributed by atoms with Gasteiger partial charge in [-0.15, -0.1) is 0 Å². The normalized spacial score (nSPS) is 17.7. The lowest BCUT2D eigenvalue weighted by Gasteiger charge is -2.31. The second kappa shape index (κ2) is 9.22. The maximum absolute atomic E-state index is 12.3. The van der Waals surface area contributed by atoms with Crippen molar-refractivity contribution in [1.29, 1.82) is 0 Å². The number of rotatable bonds is 6. The first-order valence-electron chi connectivity index (χ1n) is 8.65. The Morgan fingerprint density at radius 3 is 2.81 bits per heavy atom. The molecule has 1 aliphatic rings. The molecule has 2 rings (SSSR count). The number of nitro groups is 1. The van der Waals surface area contributed by atoms with Crippen molar-refractivity contribution >= 4 is 23.9 Å². The number of nitro benzene ring substituents is 1. The summed E-state index contributed by atoms with van der Waals surface area (Å²) in [4.78, 5) is 42.8. The van der Waals surface area contributed by atoms with Crippen LogP contribution in [-0.4, -0.2) is 67.2 Å². The number of nitrogens with zero attached hydrogens (tertiary/aromatic N) is 4. The number of likely N-dealkylation sites (tertiary alicyclic amines) is 1. The Kier molecular flexibility index (Phi) is 7.00. The van der Waals surface area contributed by atoms with E-state index in [0.717, 1.165) is 12.8 Å². The van der Waals surface area contributed by atoms with Gasteiger partial charge in [-0.2, -0.15) is 0 Å². The van der Waals surface area contributed by atoms with E-state index < -0.39 is 10.9 Å². The van der Waals surface area contributed by atoms with Crippen molar-refractivity contribution in [1.82, 2.24) is 9.80 Å². The Morgan fingerprint density at radius 2 is 2.19 bits per heavy atom. The van der Waals surface area contributed by atoms with Crippen LogP contribution in [-0.2, 0) is 16.1 Å². The number of carbonyl (C=O) groups excluding carboxylic acids is 2. The lowest BCUT2D eigenvalue weighted by molar-refractivity contribution is -0.385. The quantitative estimate of drug-likeness (QED) is 0.245. The molecule has 0 saturated carbocycles. The van der Waals surface area contributed by atoms with Crippen LogP contribution in [0.25, 0.3) is 0 Å². The van der Waals surface area contributed by atoms with Gasteiger partial charge < -0.3 is 9.64 Å². The predicted molar refractivity (Wildman–Crippen MR) is 99.6 cm³/mol. The van der Waals surface area contributed by atoms with Gasteiger partial charge in [0.2, 0.25) is 0 Å². The first kappa shape index (κ1) is 20.5. The highest BCUT2D eigenvalue weighted by molar-refractivity contribution is 5.92. The fourth-order valence-corrected chi connectivity index (χ4v) is 3.12. The third kappa shape index (κ3) is 5.33. The first-order valence-corrected chi connectivity index (χ1v) is 8.65. The summed E-state index contributed by atoms with van der Waals surface area (Å²) in [6.07, 6.45) is 2.97. The SMILES string of the molecule is COC(=O)c1cccc([N+](=O)[O-])c1CN1CCC[C@H](C(=O)N=CN(C)C)C1. The number of carbonyl (C=O) groups is 2. The molecule has 0 unspecified atom stereocenters. The second-order valence-corrected chi connectivity index (χ2v) is 6.67. The number of esters is 1. The maximum Gasteiger partial charge on any atom is 0.338 e. The minimum absolute atomic E-state index is 0.128. The van der Waals surface area contributed by atoms with Crippen LogP contribution in [0.4, 0.5) is 5.69 Å². The summed E-state index contributed by atoms with van der Waals surface area (Å²) in [5.41, 5.74) is 0.349. The van der Waals surface area contributed by atoms with E-state index in [-0.39, 0.29) is 29.6 Å². The summed E-state index contributed by atoms with van der Waals surface area (Å²) in [6.45, 7) is 1.33. The molecule has 1 fully saturated rings. The summed E-state index contributed by atoms with van der Waals surface area (Å²) in [6, 6.07) is 4.35. The highest BCUT2D eigenvalue weighted by Crippen LogP contribution is 2.27. The molecule has 9 heteroatoms. The van der Waals surface area contributed by atoms with Gasteiger partial charge in [-0.05, 0) is 25.5 Å². The van der Waals surface area contributed by atoms with E-state index in [0.29, 0.717) is 18.7 Å². The molecule has 1 aromatic rings. The van der Waals surface area contributed by atoms with Crippen LogP contribution in [0.15, 0.2) is 23.2 Å².